The predicted molar refractivity (Wildman–Crippen MR) is 90.0 cm³/mol. The molecule has 0 saturated heterocycles. The van der Waals surface area contributed by atoms with Gasteiger partial charge in [0.15, 0.2) is 11.6 Å². The zero-order chi connectivity index (χ0) is 18.1. The van der Waals surface area contributed by atoms with Crippen molar-refractivity contribution < 1.29 is 22.6 Å². The summed E-state index contributed by atoms with van der Waals surface area (Å²) in [4.78, 5) is 0. The molecule has 0 aromatic heterocycles. The lowest BCUT2D eigenvalue weighted by Crippen LogP contribution is -2.45. The van der Waals surface area contributed by atoms with Crippen LogP contribution in [0.15, 0.2) is 24.0 Å². The molecule has 138 valence electrons. The first-order valence-corrected chi connectivity index (χ1v) is 9.08. The molecule has 0 unspecified atom stereocenters. The van der Waals surface area contributed by atoms with E-state index >= 15 is 0 Å². The summed E-state index contributed by atoms with van der Waals surface area (Å²) >= 11 is 0. The lowest BCUT2D eigenvalue weighted by atomic mass is 9.61. The van der Waals surface area contributed by atoms with E-state index in [4.69, 9.17) is 9.47 Å². The van der Waals surface area contributed by atoms with Gasteiger partial charge >= 0.3 is 0 Å². The topological polar surface area (TPSA) is 18.5 Å². The van der Waals surface area contributed by atoms with Gasteiger partial charge in [0.1, 0.15) is 5.83 Å². The molecule has 1 aromatic rings. The number of hydrogen-bond donors (Lipinski definition) is 0. The van der Waals surface area contributed by atoms with Crippen LogP contribution >= 0.6 is 0 Å². The van der Waals surface area contributed by atoms with Gasteiger partial charge in [-0.3, -0.25) is 0 Å². The first-order chi connectivity index (χ1) is 12.0. The van der Waals surface area contributed by atoms with E-state index < -0.39 is 17.2 Å². The fourth-order valence-corrected chi connectivity index (χ4v) is 4.12. The largest absolute Gasteiger partial charge is 0.491 e. The lowest BCUT2D eigenvalue weighted by Gasteiger charge is -2.49. The van der Waals surface area contributed by atoms with Crippen molar-refractivity contribution in [2.45, 2.75) is 64.6 Å². The third-order valence-corrected chi connectivity index (χ3v) is 5.62. The van der Waals surface area contributed by atoms with Gasteiger partial charge in [-0.1, -0.05) is 13.3 Å². The van der Waals surface area contributed by atoms with Gasteiger partial charge in [-0.05, 0) is 57.2 Å². The van der Waals surface area contributed by atoms with Crippen molar-refractivity contribution >= 4 is 0 Å². The maximum absolute atomic E-state index is 14.6. The van der Waals surface area contributed by atoms with Crippen molar-refractivity contribution in [1.29, 1.82) is 0 Å². The molecular weight excluding hydrogens is 329 g/mol. The highest BCUT2D eigenvalue weighted by Crippen LogP contribution is 2.56. The molecule has 0 heterocycles. The Bertz CT molecular complexity index is 661. The summed E-state index contributed by atoms with van der Waals surface area (Å²) < 4.78 is 53.7. The average molecular weight is 354 g/mol. The van der Waals surface area contributed by atoms with Crippen molar-refractivity contribution in [1.82, 2.24) is 0 Å². The van der Waals surface area contributed by atoms with Crippen LogP contribution in [0.1, 0.15) is 57.9 Å². The van der Waals surface area contributed by atoms with Crippen LogP contribution in [0.3, 0.4) is 0 Å². The monoisotopic (exact) mass is 354 g/mol. The quantitative estimate of drug-likeness (QED) is 0.612. The number of ether oxygens (including phenoxy) is 2. The van der Waals surface area contributed by atoms with Crippen LogP contribution in [-0.4, -0.2) is 12.2 Å². The second-order valence-electron chi connectivity index (χ2n) is 7.16. The Labute approximate surface area is 147 Å². The molecule has 5 heteroatoms. The van der Waals surface area contributed by atoms with Gasteiger partial charge in [-0.2, -0.15) is 4.39 Å². The molecule has 0 radical (unpaired) electrons. The summed E-state index contributed by atoms with van der Waals surface area (Å²) in [6.07, 6.45) is 6.34. The Morgan fingerprint density at radius 3 is 2.32 bits per heavy atom. The van der Waals surface area contributed by atoms with Gasteiger partial charge < -0.3 is 9.47 Å². The van der Waals surface area contributed by atoms with Crippen molar-refractivity contribution in [3.63, 3.8) is 0 Å². The smallest absolute Gasteiger partial charge is 0.200 e. The van der Waals surface area contributed by atoms with Crippen LogP contribution in [0.25, 0.3) is 0 Å². The molecule has 4 rings (SSSR count). The molecule has 3 aliphatic rings. The maximum atomic E-state index is 14.6. The molecule has 25 heavy (non-hydrogen) atoms. The van der Waals surface area contributed by atoms with E-state index in [1.807, 2.05) is 0 Å². The number of rotatable bonds is 7. The van der Waals surface area contributed by atoms with E-state index in [0.717, 1.165) is 38.5 Å². The van der Waals surface area contributed by atoms with Crippen LogP contribution in [0.4, 0.5) is 13.2 Å². The summed E-state index contributed by atoms with van der Waals surface area (Å²) in [5.74, 6) is -2.16. The van der Waals surface area contributed by atoms with E-state index in [1.54, 1.807) is 13.0 Å². The van der Waals surface area contributed by atoms with Crippen LogP contribution in [-0.2, 0) is 11.3 Å². The molecule has 0 spiro atoms. The number of halogens is 3. The maximum Gasteiger partial charge on any atom is 0.200 e. The summed E-state index contributed by atoms with van der Waals surface area (Å²) in [7, 11) is 0. The van der Waals surface area contributed by atoms with Crippen LogP contribution in [0.2, 0.25) is 0 Å². The van der Waals surface area contributed by atoms with Crippen molar-refractivity contribution in [3.05, 3.63) is 41.2 Å². The zero-order valence-electron chi connectivity index (χ0n) is 14.8. The molecule has 2 nitrogen and oxygen atoms in total. The van der Waals surface area contributed by atoms with E-state index in [-0.39, 0.29) is 35.8 Å². The van der Waals surface area contributed by atoms with E-state index in [0.29, 0.717) is 0 Å². The molecule has 1 fully saturated rings. The van der Waals surface area contributed by atoms with Gasteiger partial charge in [-0.25, -0.2) is 8.78 Å². The standard InChI is InChI=1S/C20H25F3O2/c1-3-7-19-8-10-20(11-9-19,12-16(19)21)25-13-14-5-6-15(24-4-2)18(23)17(14)22/h5-6,12H,3-4,7-11,13H2,1-2H3. The third kappa shape index (κ3) is 3.31. The van der Waals surface area contributed by atoms with E-state index in [2.05, 4.69) is 6.92 Å². The van der Waals surface area contributed by atoms with Crippen LogP contribution in [0.5, 0.6) is 5.75 Å². The Morgan fingerprint density at radius 2 is 1.72 bits per heavy atom. The second kappa shape index (κ2) is 7.02. The van der Waals surface area contributed by atoms with Crippen LogP contribution < -0.4 is 4.74 Å². The molecule has 0 N–H and O–H groups in total. The van der Waals surface area contributed by atoms with Crippen molar-refractivity contribution in [3.8, 4) is 5.75 Å². The molecule has 0 aliphatic heterocycles. The number of benzene rings is 1. The zero-order valence-corrected chi connectivity index (χ0v) is 14.8. The molecule has 2 bridgehead atoms. The molecule has 1 saturated carbocycles. The first-order valence-electron chi connectivity index (χ1n) is 9.08. The van der Waals surface area contributed by atoms with Crippen molar-refractivity contribution in [2.75, 3.05) is 6.61 Å². The molecule has 1 aromatic carbocycles. The number of hydrogen-bond acceptors (Lipinski definition) is 2. The summed E-state index contributed by atoms with van der Waals surface area (Å²) in [6.45, 7) is 3.95. The third-order valence-electron chi connectivity index (χ3n) is 5.62. The summed E-state index contributed by atoms with van der Waals surface area (Å²) in [6, 6.07) is 2.87. The molecular formula is C20H25F3O2. The van der Waals surface area contributed by atoms with Gasteiger partial charge in [-0.15, -0.1) is 0 Å². The van der Waals surface area contributed by atoms with Crippen LogP contribution in [0, 0.1) is 17.0 Å². The fourth-order valence-electron chi connectivity index (χ4n) is 4.12. The SMILES string of the molecule is CCCC12CCC(OCc3ccc(OCC)c(F)c3F)(C=C1F)CC2. The van der Waals surface area contributed by atoms with Gasteiger partial charge in [0, 0.05) is 11.0 Å². The Kier molecular flexibility index (Phi) is 5.14. The molecule has 0 atom stereocenters. The highest BCUT2D eigenvalue weighted by molar-refractivity contribution is 5.31. The fraction of sp³-hybridized carbons (Fsp3) is 0.600. The van der Waals surface area contributed by atoms with E-state index in [1.165, 1.54) is 12.1 Å². The molecule has 0 amide bonds. The Morgan fingerprint density at radius 1 is 1.00 bits per heavy atom. The van der Waals surface area contributed by atoms with Gasteiger partial charge in [0.05, 0.1) is 18.8 Å². The minimum absolute atomic E-state index is 0.0836. The second-order valence-corrected chi connectivity index (χ2v) is 7.16. The Balaban J connectivity index is 1.74. The highest BCUT2D eigenvalue weighted by atomic mass is 19.2. The minimum atomic E-state index is -1.00. The highest BCUT2D eigenvalue weighted by Gasteiger charge is 2.50. The predicted octanol–water partition coefficient (Wildman–Crippen LogP) is 5.85. The first kappa shape index (κ1) is 18.3. The molecule has 3 aliphatic carbocycles. The summed E-state index contributed by atoms with van der Waals surface area (Å²) in [5, 5.41) is 0. The number of allylic oxidation sites excluding steroid dienone is 1. The number of fused-ring (bicyclic) bond motifs is 2. The Hall–Kier alpha value is -1.49. The summed E-state index contributed by atoms with van der Waals surface area (Å²) in [5.41, 5.74) is -0.891. The lowest BCUT2D eigenvalue weighted by molar-refractivity contribution is -0.0843. The van der Waals surface area contributed by atoms with E-state index in [9.17, 15) is 13.2 Å². The normalized spacial score (nSPS) is 28.1. The average Bonchev–Trinajstić information content (AvgIpc) is 2.60. The van der Waals surface area contributed by atoms with Gasteiger partial charge in [0.2, 0.25) is 5.82 Å². The van der Waals surface area contributed by atoms with Gasteiger partial charge in [0.25, 0.3) is 0 Å². The minimum Gasteiger partial charge on any atom is -0.491 e. The van der Waals surface area contributed by atoms with Crippen molar-refractivity contribution in [2.24, 2.45) is 5.41 Å².